The van der Waals surface area contributed by atoms with Gasteiger partial charge in [-0.15, -0.1) is 0 Å². The van der Waals surface area contributed by atoms with Crippen LogP contribution in [0, 0.1) is 12.7 Å². The molecule has 0 aliphatic heterocycles. The first-order valence-electron chi connectivity index (χ1n) is 8.92. The van der Waals surface area contributed by atoms with Gasteiger partial charge in [-0.25, -0.2) is 4.39 Å². The number of hydrogen-bond donors (Lipinski definition) is 3. The van der Waals surface area contributed by atoms with Crippen LogP contribution in [0.4, 0.5) is 15.8 Å². The van der Waals surface area contributed by atoms with Crippen LogP contribution in [0.25, 0.3) is 10.9 Å². The number of fused-ring (bicyclic) bond motifs is 1. The van der Waals surface area contributed by atoms with Gasteiger partial charge in [0.2, 0.25) is 0 Å². The van der Waals surface area contributed by atoms with Crippen molar-refractivity contribution in [2.75, 3.05) is 19.0 Å². The number of H-pyrrole nitrogens is 1. The highest BCUT2D eigenvalue weighted by Gasteiger charge is 2.10. The predicted octanol–water partition coefficient (Wildman–Crippen LogP) is 4.91. The van der Waals surface area contributed by atoms with E-state index in [2.05, 4.69) is 22.2 Å². The van der Waals surface area contributed by atoms with Gasteiger partial charge in [0.05, 0.1) is 17.9 Å². The van der Waals surface area contributed by atoms with Gasteiger partial charge < -0.3 is 20.1 Å². The number of benzene rings is 2. The number of methoxy groups -OCH3 is 1. The third-order valence-electron chi connectivity index (χ3n) is 4.55. The van der Waals surface area contributed by atoms with Gasteiger partial charge in [0, 0.05) is 36.0 Å². The molecule has 0 saturated carbocycles. The van der Waals surface area contributed by atoms with Crippen LogP contribution in [-0.2, 0) is 4.74 Å². The summed E-state index contributed by atoms with van der Waals surface area (Å²) in [5.41, 5.74) is 3.98. The Morgan fingerprint density at radius 2 is 2.11 bits per heavy atom. The number of hydrogen-bond acceptors (Lipinski definition) is 4. The van der Waals surface area contributed by atoms with Crippen molar-refractivity contribution < 1.29 is 14.2 Å². The Labute approximate surface area is 157 Å². The van der Waals surface area contributed by atoms with Gasteiger partial charge in [-0.05, 0) is 55.3 Å². The lowest BCUT2D eigenvalue weighted by atomic mass is 10.1. The number of aromatic nitrogens is 1. The Morgan fingerprint density at radius 3 is 2.81 bits per heavy atom. The van der Waals surface area contributed by atoms with E-state index < -0.39 is 0 Å². The molecule has 0 amide bonds. The number of aromatic amines is 1. The molecule has 0 fully saturated rings. The average molecular weight is 369 g/mol. The molecule has 3 rings (SSSR count). The minimum absolute atomic E-state index is 0.0280. The number of aromatic hydroxyl groups is 1. The summed E-state index contributed by atoms with van der Waals surface area (Å²) in [5.74, 6) is -0.385. The predicted molar refractivity (Wildman–Crippen MR) is 108 cm³/mol. The van der Waals surface area contributed by atoms with Crippen molar-refractivity contribution in [1.29, 1.82) is 0 Å². The smallest absolute Gasteiger partial charge is 0.198 e. The fourth-order valence-corrected chi connectivity index (χ4v) is 3.01. The Balaban J connectivity index is 1.83. The summed E-state index contributed by atoms with van der Waals surface area (Å²) in [5, 5.41) is 14.2. The normalized spacial score (nSPS) is 12.7. The van der Waals surface area contributed by atoms with E-state index in [1.54, 1.807) is 19.4 Å². The molecule has 3 N–H and O–H groups in total. The van der Waals surface area contributed by atoms with Crippen LogP contribution >= 0.6 is 0 Å². The lowest BCUT2D eigenvalue weighted by Crippen LogP contribution is -2.24. The zero-order chi connectivity index (χ0) is 19.4. The SMILES string of the molecule is CCC(COC)Nc1ccc(N=Cc2c(O)[nH]c3ccc(F)cc23)cc1C. The van der Waals surface area contributed by atoms with Gasteiger partial charge in [0.15, 0.2) is 5.88 Å². The van der Waals surface area contributed by atoms with Crippen LogP contribution < -0.4 is 5.32 Å². The fourth-order valence-electron chi connectivity index (χ4n) is 3.01. The first kappa shape index (κ1) is 18.9. The molecule has 0 bridgehead atoms. The molecule has 1 heterocycles. The molecule has 5 nitrogen and oxygen atoms in total. The number of anilines is 1. The monoisotopic (exact) mass is 369 g/mol. The first-order chi connectivity index (χ1) is 13.0. The number of halogens is 1. The molecule has 2 aromatic carbocycles. The standard InChI is InChI=1S/C21H24FN3O2/c1-4-15(12-27-3)24-19-8-6-16(9-13(19)2)23-11-18-17-10-14(22)5-7-20(17)25-21(18)26/h5-11,15,24-26H,4,12H2,1-3H3. The second kappa shape index (κ2) is 8.22. The average Bonchev–Trinajstić information content (AvgIpc) is 2.95. The minimum atomic E-state index is -0.357. The molecule has 1 unspecified atom stereocenters. The van der Waals surface area contributed by atoms with Crippen LogP contribution in [0.15, 0.2) is 41.4 Å². The van der Waals surface area contributed by atoms with Gasteiger partial charge in [-0.1, -0.05) is 6.92 Å². The van der Waals surface area contributed by atoms with Gasteiger partial charge in [-0.3, -0.25) is 4.99 Å². The fraction of sp³-hybridized carbons (Fsp3) is 0.286. The molecule has 0 saturated heterocycles. The number of rotatable bonds is 7. The lowest BCUT2D eigenvalue weighted by Gasteiger charge is -2.19. The Kier molecular flexibility index (Phi) is 5.76. The van der Waals surface area contributed by atoms with E-state index in [1.807, 2.05) is 25.1 Å². The van der Waals surface area contributed by atoms with E-state index in [1.165, 1.54) is 12.1 Å². The number of nitrogens with zero attached hydrogens (tertiary/aromatic N) is 1. The van der Waals surface area contributed by atoms with E-state index in [-0.39, 0.29) is 17.7 Å². The van der Waals surface area contributed by atoms with Crippen LogP contribution in [0.3, 0.4) is 0 Å². The Morgan fingerprint density at radius 1 is 1.30 bits per heavy atom. The van der Waals surface area contributed by atoms with E-state index in [4.69, 9.17) is 4.74 Å². The van der Waals surface area contributed by atoms with Crippen LogP contribution in [0.1, 0.15) is 24.5 Å². The third-order valence-corrected chi connectivity index (χ3v) is 4.55. The number of nitrogens with one attached hydrogen (secondary N) is 2. The Bertz CT molecular complexity index is 965. The van der Waals surface area contributed by atoms with E-state index >= 15 is 0 Å². The van der Waals surface area contributed by atoms with Gasteiger partial charge >= 0.3 is 0 Å². The van der Waals surface area contributed by atoms with Crippen molar-refractivity contribution in [2.45, 2.75) is 26.3 Å². The summed E-state index contributed by atoms with van der Waals surface area (Å²) < 4.78 is 18.7. The van der Waals surface area contributed by atoms with Crippen molar-refractivity contribution in [3.05, 3.63) is 53.3 Å². The third kappa shape index (κ3) is 4.28. The summed E-state index contributed by atoms with van der Waals surface area (Å²) >= 11 is 0. The summed E-state index contributed by atoms with van der Waals surface area (Å²) in [4.78, 5) is 7.27. The second-order valence-corrected chi connectivity index (χ2v) is 6.54. The molecular formula is C21H24FN3O2. The molecule has 0 radical (unpaired) electrons. The lowest BCUT2D eigenvalue weighted by molar-refractivity contribution is 0.184. The molecule has 1 atom stereocenters. The molecule has 6 heteroatoms. The topological polar surface area (TPSA) is 69.6 Å². The maximum atomic E-state index is 13.5. The van der Waals surface area contributed by atoms with E-state index in [0.29, 0.717) is 23.1 Å². The largest absolute Gasteiger partial charge is 0.494 e. The van der Waals surface area contributed by atoms with Crippen molar-refractivity contribution in [3.8, 4) is 5.88 Å². The number of aryl methyl sites for hydroxylation is 1. The number of ether oxygens (including phenoxy) is 1. The number of aliphatic imine (C=N–C) groups is 1. The van der Waals surface area contributed by atoms with Crippen molar-refractivity contribution in [2.24, 2.45) is 4.99 Å². The maximum Gasteiger partial charge on any atom is 0.198 e. The van der Waals surface area contributed by atoms with Gasteiger partial charge in [-0.2, -0.15) is 0 Å². The molecular weight excluding hydrogens is 345 g/mol. The summed E-state index contributed by atoms with van der Waals surface area (Å²) in [6.07, 6.45) is 2.51. The Hall–Kier alpha value is -2.86. The van der Waals surface area contributed by atoms with Gasteiger partial charge in [0.25, 0.3) is 0 Å². The van der Waals surface area contributed by atoms with Crippen LogP contribution in [0.5, 0.6) is 5.88 Å². The van der Waals surface area contributed by atoms with E-state index in [9.17, 15) is 9.50 Å². The van der Waals surface area contributed by atoms with Crippen molar-refractivity contribution >= 4 is 28.5 Å². The second-order valence-electron chi connectivity index (χ2n) is 6.54. The highest BCUT2D eigenvalue weighted by Crippen LogP contribution is 2.28. The molecule has 3 aromatic rings. The highest BCUT2D eigenvalue weighted by atomic mass is 19.1. The summed E-state index contributed by atoms with van der Waals surface area (Å²) in [6, 6.07) is 10.4. The van der Waals surface area contributed by atoms with Crippen LogP contribution in [0.2, 0.25) is 0 Å². The zero-order valence-corrected chi connectivity index (χ0v) is 15.7. The summed E-state index contributed by atoms with van der Waals surface area (Å²) in [7, 11) is 1.70. The molecule has 1 aromatic heterocycles. The van der Waals surface area contributed by atoms with Crippen molar-refractivity contribution in [1.82, 2.24) is 4.98 Å². The van der Waals surface area contributed by atoms with E-state index in [0.717, 1.165) is 23.4 Å². The first-order valence-corrected chi connectivity index (χ1v) is 8.92. The maximum absolute atomic E-state index is 13.5. The molecule has 0 aliphatic carbocycles. The molecule has 0 aliphatic rings. The molecule has 142 valence electrons. The molecule has 0 spiro atoms. The van der Waals surface area contributed by atoms with Gasteiger partial charge in [0.1, 0.15) is 5.82 Å². The quantitative estimate of drug-likeness (QED) is 0.518. The summed E-state index contributed by atoms with van der Waals surface area (Å²) in [6.45, 7) is 4.77. The van der Waals surface area contributed by atoms with Crippen LogP contribution in [-0.4, -0.2) is 36.1 Å². The zero-order valence-electron chi connectivity index (χ0n) is 15.7. The van der Waals surface area contributed by atoms with Crippen molar-refractivity contribution in [3.63, 3.8) is 0 Å². The highest BCUT2D eigenvalue weighted by molar-refractivity contribution is 6.02. The minimum Gasteiger partial charge on any atom is -0.494 e. The molecule has 27 heavy (non-hydrogen) atoms.